The fourth-order valence-electron chi connectivity index (χ4n) is 0.267. The number of carbonyl (C=O) groups excluding carboxylic acids is 2. The van der Waals surface area contributed by atoms with E-state index in [0.717, 1.165) is 6.42 Å². The first-order chi connectivity index (χ1) is 3.29. The van der Waals surface area contributed by atoms with Crippen LogP contribution in [0.4, 0.5) is 0 Å². The summed E-state index contributed by atoms with van der Waals surface area (Å²) in [5.74, 6) is -1.13. The van der Waals surface area contributed by atoms with Gasteiger partial charge in [0.25, 0.3) is 5.91 Å². The largest absolute Gasteiger partial charge is 0.346 e. The minimum Gasteiger partial charge on any atom is -0.340 e. The van der Waals surface area contributed by atoms with Gasteiger partial charge in [0.05, 0.1) is 0 Å². The molecule has 1 amide bonds. The molecule has 1 radical (unpaired) electrons. The Morgan fingerprint density at radius 1 is 1.57 bits per heavy atom. The Labute approximate surface area is 39.4 Å². The zero-order valence-electron chi connectivity index (χ0n) is 3.30. The van der Waals surface area contributed by atoms with E-state index in [2.05, 4.69) is 4.84 Å². The van der Waals surface area contributed by atoms with Crippen LogP contribution >= 0.6 is 0 Å². The maximum atomic E-state index is 9.94. The molecule has 1 saturated heterocycles. The normalized spacial score (nSPS) is 18.9. The summed E-state index contributed by atoms with van der Waals surface area (Å²) in [5, 5.41) is 0. The van der Waals surface area contributed by atoms with E-state index in [4.69, 9.17) is 0 Å². The zero-order valence-corrected chi connectivity index (χ0v) is 3.30. The summed E-state index contributed by atoms with van der Waals surface area (Å²) >= 11 is 0. The molecule has 0 bridgehead atoms. The molecular weight excluding hydrogens is 98.0 g/mol. The van der Waals surface area contributed by atoms with E-state index in [1.807, 2.05) is 5.48 Å². The van der Waals surface area contributed by atoms with Crippen molar-refractivity contribution < 1.29 is 14.4 Å². The van der Waals surface area contributed by atoms with Crippen LogP contribution in [-0.2, 0) is 14.4 Å². The van der Waals surface area contributed by atoms with Gasteiger partial charge in [0.1, 0.15) is 0 Å². The molecule has 0 aromatic rings. The first-order valence-electron chi connectivity index (χ1n) is 1.64. The molecule has 1 heterocycles. The van der Waals surface area contributed by atoms with Gasteiger partial charge in [0.15, 0.2) is 6.42 Å². The second kappa shape index (κ2) is 1.22. The molecule has 4 nitrogen and oxygen atoms in total. The Balaban J connectivity index is 2.55. The lowest BCUT2D eigenvalue weighted by atomic mass is 10.4. The summed E-state index contributed by atoms with van der Waals surface area (Å²) in [5.41, 5.74) is 1.83. The number of rotatable bonds is 0. The quantitative estimate of drug-likeness (QED) is 0.415. The predicted octanol–water partition coefficient (Wildman–Crippen LogP) is -1.22. The maximum absolute atomic E-state index is 9.94. The fraction of sp³-hybridized carbons (Fsp3) is 0. The molecule has 0 saturated carbocycles. The summed E-state index contributed by atoms with van der Waals surface area (Å²) in [7, 11) is 0. The highest BCUT2D eigenvalue weighted by atomic mass is 16.7. The van der Waals surface area contributed by atoms with Crippen LogP contribution in [0.25, 0.3) is 0 Å². The summed E-state index contributed by atoms with van der Waals surface area (Å²) in [6.45, 7) is 0. The van der Waals surface area contributed by atoms with Crippen LogP contribution in [0.1, 0.15) is 0 Å². The van der Waals surface area contributed by atoms with E-state index in [1.54, 1.807) is 0 Å². The molecule has 7 heavy (non-hydrogen) atoms. The molecule has 0 aromatic carbocycles. The molecule has 0 spiro atoms. The Morgan fingerprint density at radius 3 is 2.43 bits per heavy atom. The highest BCUT2D eigenvalue weighted by molar-refractivity contribution is 6.09. The van der Waals surface area contributed by atoms with E-state index in [-0.39, 0.29) is 0 Å². The van der Waals surface area contributed by atoms with E-state index in [1.165, 1.54) is 0 Å². The third kappa shape index (κ3) is 0.677. The zero-order chi connectivity index (χ0) is 5.28. The smallest absolute Gasteiger partial charge is 0.340 e. The molecule has 4 heteroatoms. The molecule has 1 fully saturated rings. The number of amides is 1. The van der Waals surface area contributed by atoms with Crippen LogP contribution in [0.5, 0.6) is 0 Å². The number of carbonyl (C=O) groups is 2. The fourth-order valence-corrected chi connectivity index (χ4v) is 0.267. The van der Waals surface area contributed by atoms with Crippen molar-refractivity contribution in [1.29, 1.82) is 0 Å². The van der Waals surface area contributed by atoms with Crippen molar-refractivity contribution in [2.24, 2.45) is 0 Å². The highest BCUT2D eigenvalue weighted by Gasteiger charge is 2.19. The molecule has 1 aliphatic rings. The van der Waals surface area contributed by atoms with Gasteiger partial charge in [0.2, 0.25) is 0 Å². The van der Waals surface area contributed by atoms with Gasteiger partial charge in [-0.05, 0) is 0 Å². The highest BCUT2D eigenvalue weighted by Crippen LogP contribution is 1.89. The van der Waals surface area contributed by atoms with Gasteiger partial charge in [-0.1, -0.05) is 0 Å². The third-order valence-electron chi connectivity index (χ3n) is 0.501. The van der Waals surface area contributed by atoms with Crippen LogP contribution in [-0.4, -0.2) is 11.9 Å². The minimum atomic E-state index is -0.634. The lowest BCUT2D eigenvalue weighted by Gasteiger charge is -1.82. The van der Waals surface area contributed by atoms with E-state index >= 15 is 0 Å². The third-order valence-corrected chi connectivity index (χ3v) is 0.501. The Morgan fingerprint density at radius 2 is 2.29 bits per heavy atom. The number of hydrogen-bond acceptors (Lipinski definition) is 3. The standard InChI is InChI=1S/C3H2NO3/c5-2-1-3(6)7-4-2/h1H,(H,4,5). The number of nitrogens with one attached hydrogen (secondary N) is 1. The van der Waals surface area contributed by atoms with Gasteiger partial charge in [-0.2, -0.15) is 5.48 Å². The minimum absolute atomic E-state index is 0.495. The second-order valence-corrected chi connectivity index (χ2v) is 1.03. The van der Waals surface area contributed by atoms with Crippen molar-refractivity contribution in [3.8, 4) is 0 Å². The number of hydroxylamine groups is 1. The van der Waals surface area contributed by atoms with Crippen molar-refractivity contribution in [3.05, 3.63) is 6.42 Å². The van der Waals surface area contributed by atoms with Crippen molar-refractivity contribution in [3.63, 3.8) is 0 Å². The average molecular weight is 100 g/mol. The van der Waals surface area contributed by atoms with Gasteiger partial charge in [-0.15, -0.1) is 0 Å². The maximum Gasteiger partial charge on any atom is 0.346 e. The summed E-state index contributed by atoms with van der Waals surface area (Å²) in [6, 6.07) is 0. The summed E-state index contributed by atoms with van der Waals surface area (Å²) in [6.07, 6.45) is 0.833. The topological polar surface area (TPSA) is 55.4 Å². The predicted molar refractivity (Wildman–Crippen MR) is 18.5 cm³/mol. The van der Waals surface area contributed by atoms with Gasteiger partial charge in [-0.3, -0.25) is 4.79 Å². The van der Waals surface area contributed by atoms with Crippen LogP contribution in [0, 0.1) is 6.42 Å². The molecule has 37 valence electrons. The van der Waals surface area contributed by atoms with Crippen molar-refractivity contribution in [2.45, 2.75) is 0 Å². The van der Waals surface area contributed by atoms with Gasteiger partial charge >= 0.3 is 5.97 Å². The van der Waals surface area contributed by atoms with Gasteiger partial charge < -0.3 is 4.84 Å². The monoisotopic (exact) mass is 100 g/mol. The Hall–Kier alpha value is -1.06. The van der Waals surface area contributed by atoms with Crippen LogP contribution in [0.2, 0.25) is 0 Å². The Kier molecular flexibility index (Phi) is 0.714. The molecule has 1 N–H and O–H groups in total. The molecule has 1 aliphatic heterocycles. The molecule has 1 rings (SSSR count). The van der Waals surface area contributed by atoms with Crippen LogP contribution < -0.4 is 5.48 Å². The van der Waals surface area contributed by atoms with Crippen molar-refractivity contribution in [1.82, 2.24) is 5.48 Å². The first kappa shape index (κ1) is 4.11. The average Bonchev–Trinajstić information content (AvgIpc) is 1.87. The first-order valence-corrected chi connectivity index (χ1v) is 1.64. The lowest BCUT2D eigenvalue weighted by Crippen LogP contribution is -2.11. The molecular formula is C3H2NO3. The second-order valence-electron chi connectivity index (χ2n) is 1.03. The Bertz CT molecular complexity index is 105. The van der Waals surface area contributed by atoms with Gasteiger partial charge in [0, 0.05) is 0 Å². The lowest BCUT2D eigenvalue weighted by molar-refractivity contribution is -0.143. The summed E-state index contributed by atoms with van der Waals surface area (Å²) < 4.78 is 0. The van der Waals surface area contributed by atoms with Crippen LogP contribution in [0.3, 0.4) is 0 Å². The molecule has 0 aromatic heterocycles. The van der Waals surface area contributed by atoms with E-state index in [0.29, 0.717) is 0 Å². The van der Waals surface area contributed by atoms with Gasteiger partial charge in [-0.25, -0.2) is 4.79 Å². The van der Waals surface area contributed by atoms with Crippen molar-refractivity contribution >= 4 is 11.9 Å². The van der Waals surface area contributed by atoms with Crippen LogP contribution in [0.15, 0.2) is 0 Å². The SMILES string of the molecule is O=C1[CH]C(=O)ON1. The van der Waals surface area contributed by atoms with E-state index < -0.39 is 11.9 Å². The number of hydrogen-bond donors (Lipinski definition) is 1. The van der Waals surface area contributed by atoms with Crippen molar-refractivity contribution in [2.75, 3.05) is 0 Å². The molecule has 0 unspecified atom stereocenters. The molecule has 0 atom stereocenters. The van der Waals surface area contributed by atoms with E-state index in [9.17, 15) is 9.59 Å². The molecule has 0 aliphatic carbocycles. The summed E-state index contributed by atoms with van der Waals surface area (Å²) in [4.78, 5) is 23.8.